The Bertz CT molecular complexity index is 1090. The van der Waals surface area contributed by atoms with Crippen LogP contribution < -0.4 is 10.9 Å². The zero-order valence-corrected chi connectivity index (χ0v) is 16.4. The highest BCUT2D eigenvalue weighted by Crippen LogP contribution is 2.26. The number of halogens is 2. The number of hydrogen-bond donors (Lipinski definition) is 2. The lowest BCUT2D eigenvalue weighted by atomic mass is 10.1. The van der Waals surface area contributed by atoms with Gasteiger partial charge in [-0.1, -0.05) is 12.1 Å². The smallest absolute Gasteiger partial charge is 0.408 e. The van der Waals surface area contributed by atoms with Crippen LogP contribution in [0.25, 0.3) is 16.7 Å². The van der Waals surface area contributed by atoms with Gasteiger partial charge in [0, 0.05) is 11.6 Å². The number of carbonyl (C=O) groups excluding carboxylic acids is 1. The highest BCUT2D eigenvalue weighted by molar-refractivity contribution is 5.82. The van der Waals surface area contributed by atoms with E-state index in [1.165, 1.54) is 30.5 Å². The molecule has 10 heteroatoms. The molecule has 1 amide bonds. The molecule has 3 rings (SSSR count). The van der Waals surface area contributed by atoms with Crippen LogP contribution in [0.2, 0.25) is 0 Å². The van der Waals surface area contributed by atoms with Crippen molar-refractivity contribution >= 4 is 17.0 Å². The molecular weight excluding hydrogens is 384 g/mol. The molecule has 0 spiro atoms. The normalized spacial score (nSPS) is 12.9. The Morgan fingerprint density at radius 2 is 2.00 bits per heavy atom. The number of carbonyl (C=O) groups is 1. The summed E-state index contributed by atoms with van der Waals surface area (Å²) < 4.78 is 33.3. The molecule has 8 nitrogen and oxygen atoms in total. The summed E-state index contributed by atoms with van der Waals surface area (Å²) in [5.74, 6) is 0.380. The van der Waals surface area contributed by atoms with Crippen molar-refractivity contribution in [3.8, 4) is 5.82 Å². The van der Waals surface area contributed by atoms with Crippen LogP contribution in [0.15, 0.2) is 35.3 Å². The number of benzene rings is 1. The fraction of sp³-hybridized carbons (Fsp3) is 0.368. The van der Waals surface area contributed by atoms with E-state index in [0.717, 1.165) is 4.57 Å². The lowest BCUT2D eigenvalue weighted by Gasteiger charge is -2.23. The van der Waals surface area contributed by atoms with Crippen LogP contribution in [0.4, 0.5) is 13.6 Å². The molecule has 29 heavy (non-hydrogen) atoms. The van der Waals surface area contributed by atoms with Gasteiger partial charge in [0.1, 0.15) is 17.2 Å². The number of aromatic nitrogens is 4. The van der Waals surface area contributed by atoms with Crippen molar-refractivity contribution < 1.29 is 18.3 Å². The summed E-state index contributed by atoms with van der Waals surface area (Å²) in [7, 11) is 0. The number of nitrogens with zero attached hydrogens (tertiary/aromatic N) is 3. The molecule has 0 saturated heterocycles. The quantitative estimate of drug-likeness (QED) is 0.690. The maximum absolute atomic E-state index is 13.5. The maximum Gasteiger partial charge on any atom is 0.408 e. The number of rotatable bonds is 4. The first-order valence-corrected chi connectivity index (χ1v) is 8.91. The number of alkyl halides is 2. The number of amides is 1. The topological polar surface area (TPSA) is 102 Å². The minimum atomic E-state index is -2.84. The fourth-order valence-corrected chi connectivity index (χ4v) is 2.90. The Morgan fingerprint density at radius 3 is 2.59 bits per heavy atom. The molecule has 0 saturated carbocycles. The highest BCUT2D eigenvalue weighted by atomic mass is 19.3. The van der Waals surface area contributed by atoms with Crippen LogP contribution >= 0.6 is 0 Å². The molecule has 154 valence electrons. The van der Waals surface area contributed by atoms with Crippen LogP contribution in [0, 0.1) is 0 Å². The average molecular weight is 405 g/mol. The third-order valence-corrected chi connectivity index (χ3v) is 4.04. The second-order valence-electron chi connectivity index (χ2n) is 7.46. The number of ether oxygens (including phenoxy) is 1. The van der Waals surface area contributed by atoms with Crippen LogP contribution in [-0.2, 0) is 4.74 Å². The molecule has 2 N–H and O–H groups in total. The summed E-state index contributed by atoms with van der Waals surface area (Å²) >= 11 is 0. The number of aromatic amines is 1. The van der Waals surface area contributed by atoms with Gasteiger partial charge in [0.05, 0.1) is 23.1 Å². The molecular formula is C19H21F2N5O3. The summed E-state index contributed by atoms with van der Waals surface area (Å²) in [6, 6.07) is 4.82. The second-order valence-corrected chi connectivity index (χ2v) is 7.46. The summed E-state index contributed by atoms with van der Waals surface area (Å²) in [6.45, 7) is 6.77. The minimum Gasteiger partial charge on any atom is -0.444 e. The van der Waals surface area contributed by atoms with Crippen molar-refractivity contribution in [2.24, 2.45) is 0 Å². The average Bonchev–Trinajstić information content (AvgIpc) is 3.13. The Hall–Kier alpha value is -3.30. The summed E-state index contributed by atoms with van der Waals surface area (Å²) in [5, 5.41) is 8.88. The van der Waals surface area contributed by atoms with Gasteiger partial charge in [0.25, 0.3) is 12.0 Å². The number of nitrogens with one attached hydrogen (secondary N) is 2. The zero-order valence-electron chi connectivity index (χ0n) is 16.4. The van der Waals surface area contributed by atoms with Crippen LogP contribution in [0.3, 0.4) is 0 Å². The Labute approximate surface area is 164 Å². The molecule has 3 aromatic rings. The number of H-pyrrole nitrogens is 1. The van der Waals surface area contributed by atoms with Crippen LogP contribution in [0.1, 0.15) is 51.6 Å². The molecule has 2 aromatic heterocycles. The van der Waals surface area contributed by atoms with Gasteiger partial charge in [-0.2, -0.15) is 5.10 Å². The van der Waals surface area contributed by atoms with E-state index in [1.807, 2.05) is 0 Å². The Kier molecular flexibility index (Phi) is 5.36. The molecule has 1 aromatic carbocycles. The number of hydrogen-bond acceptors (Lipinski definition) is 5. The monoisotopic (exact) mass is 405 g/mol. The predicted molar refractivity (Wildman–Crippen MR) is 102 cm³/mol. The SMILES string of the molecule is C[C@@H](NC(=O)OC(C)(C)C)c1nc2cccc(C(F)F)c2c(=O)n1-c1ccn[nH]1. The van der Waals surface area contributed by atoms with E-state index in [2.05, 4.69) is 20.5 Å². The first-order valence-electron chi connectivity index (χ1n) is 8.91. The zero-order chi connectivity index (χ0) is 21.3. The van der Waals surface area contributed by atoms with Crippen molar-refractivity contribution in [2.45, 2.75) is 45.8 Å². The lowest BCUT2D eigenvalue weighted by Crippen LogP contribution is -2.37. The van der Waals surface area contributed by atoms with E-state index in [1.54, 1.807) is 27.7 Å². The van der Waals surface area contributed by atoms with E-state index in [-0.39, 0.29) is 22.5 Å². The van der Waals surface area contributed by atoms with Crippen LogP contribution in [0.5, 0.6) is 0 Å². The van der Waals surface area contributed by atoms with Crippen molar-refractivity contribution in [2.75, 3.05) is 0 Å². The van der Waals surface area contributed by atoms with Gasteiger partial charge in [-0.05, 0) is 33.8 Å². The summed E-state index contributed by atoms with van der Waals surface area (Å²) in [4.78, 5) is 29.8. The predicted octanol–water partition coefficient (Wildman–Crippen LogP) is 3.63. The van der Waals surface area contributed by atoms with Crippen molar-refractivity contribution in [1.82, 2.24) is 25.1 Å². The van der Waals surface area contributed by atoms with Gasteiger partial charge >= 0.3 is 6.09 Å². The van der Waals surface area contributed by atoms with E-state index in [4.69, 9.17) is 4.74 Å². The van der Waals surface area contributed by atoms with Crippen molar-refractivity contribution in [3.05, 3.63) is 52.2 Å². The maximum atomic E-state index is 13.5. The molecule has 1 atom stereocenters. The first-order chi connectivity index (χ1) is 13.6. The molecule has 0 fully saturated rings. The molecule has 0 radical (unpaired) electrons. The molecule has 0 aliphatic rings. The highest BCUT2D eigenvalue weighted by Gasteiger charge is 2.25. The van der Waals surface area contributed by atoms with Gasteiger partial charge < -0.3 is 10.1 Å². The number of alkyl carbamates (subject to hydrolysis) is 1. The van der Waals surface area contributed by atoms with Gasteiger partial charge in [-0.25, -0.2) is 23.1 Å². The Morgan fingerprint density at radius 1 is 1.28 bits per heavy atom. The van der Waals surface area contributed by atoms with Gasteiger partial charge in [-0.15, -0.1) is 0 Å². The molecule has 0 unspecified atom stereocenters. The van der Waals surface area contributed by atoms with E-state index in [0.29, 0.717) is 0 Å². The Balaban J connectivity index is 2.17. The number of fused-ring (bicyclic) bond motifs is 1. The van der Waals surface area contributed by atoms with Gasteiger partial charge in [0.15, 0.2) is 0 Å². The molecule has 0 aliphatic carbocycles. The summed E-state index contributed by atoms with van der Waals surface area (Å²) in [5.41, 5.74) is -1.71. The molecule has 0 bridgehead atoms. The first kappa shape index (κ1) is 20.4. The van der Waals surface area contributed by atoms with Gasteiger partial charge in [0.2, 0.25) is 0 Å². The summed E-state index contributed by atoms with van der Waals surface area (Å²) in [6.07, 6.45) is -2.12. The fourth-order valence-electron chi connectivity index (χ4n) is 2.90. The molecule has 2 heterocycles. The van der Waals surface area contributed by atoms with E-state index >= 15 is 0 Å². The largest absolute Gasteiger partial charge is 0.444 e. The third-order valence-electron chi connectivity index (χ3n) is 4.04. The lowest BCUT2D eigenvalue weighted by molar-refractivity contribution is 0.0505. The third kappa shape index (κ3) is 4.25. The molecule has 0 aliphatic heterocycles. The van der Waals surface area contributed by atoms with Crippen molar-refractivity contribution in [1.29, 1.82) is 0 Å². The van der Waals surface area contributed by atoms with E-state index in [9.17, 15) is 18.4 Å². The standard InChI is InChI=1S/C19H21F2N5O3/c1-10(23-18(28)29-19(2,3)4)16-24-12-7-5-6-11(15(20)21)14(12)17(27)26(16)13-8-9-22-25-13/h5-10,15H,1-4H3,(H,22,25)(H,23,28)/t10-/m1/s1. The van der Waals surface area contributed by atoms with E-state index < -0.39 is 35.3 Å². The second kappa shape index (κ2) is 7.61. The van der Waals surface area contributed by atoms with Gasteiger partial charge in [-0.3, -0.25) is 9.89 Å². The van der Waals surface area contributed by atoms with Crippen LogP contribution in [-0.4, -0.2) is 31.4 Å². The minimum absolute atomic E-state index is 0.108. The van der Waals surface area contributed by atoms with Crippen molar-refractivity contribution in [3.63, 3.8) is 0 Å².